The van der Waals surface area contributed by atoms with Gasteiger partial charge in [-0.1, -0.05) is 28.1 Å². The monoisotopic (exact) mass is 393 g/mol. The topological polar surface area (TPSA) is 84.1 Å². The van der Waals surface area contributed by atoms with Gasteiger partial charge in [-0.25, -0.2) is 4.79 Å². The lowest BCUT2D eigenvalue weighted by molar-refractivity contribution is -0.130. The van der Waals surface area contributed by atoms with Crippen molar-refractivity contribution in [3.05, 3.63) is 40.5 Å². The highest BCUT2D eigenvalue weighted by Crippen LogP contribution is 2.20. The molecule has 1 atom stereocenters. The van der Waals surface area contributed by atoms with Crippen LogP contribution in [0.4, 0.5) is 0 Å². The van der Waals surface area contributed by atoms with Crippen LogP contribution in [-0.2, 0) is 9.53 Å². The van der Waals surface area contributed by atoms with Crippen molar-refractivity contribution in [2.45, 2.75) is 39.3 Å². The first kappa shape index (κ1) is 18.2. The van der Waals surface area contributed by atoms with Crippen molar-refractivity contribution in [3.63, 3.8) is 0 Å². The van der Waals surface area contributed by atoms with Gasteiger partial charge in [0.25, 0.3) is 5.91 Å². The van der Waals surface area contributed by atoms with Gasteiger partial charge in [-0.05, 0) is 45.9 Å². The lowest BCUT2D eigenvalue weighted by Gasteiger charge is -2.23. The Bertz CT molecular complexity index is 732. The molecule has 24 heavy (non-hydrogen) atoms. The van der Waals surface area contributed by atoms with Crippen LogP contribution in [0.2, 0.25) is 0 Å². The molecule has 2 rings (SSSR count). The minimum atomic E-state index is -0.892. The summed E-state index contributed by atoms with van der Waals surface area (Å²) in [6, 6.07) is 9.14. The predicted octanol–water partition coefficient (Wildman–Crippen LogP) is 3.30. The zero-order valence-electron chi connectivity index (χ0n) is 14.0. The van der Waals surface area contributed by atoms with Crippen LogP contribution >= 0.6 is 15.9 Å². The first-order valence-corrected chi connectivity index (χ1v) is 8.29. The van der Waals surface area contributed by atoms with Crippen LogP contribution in [0.1, 0.15) is 38.2 Å². The van der Waals surface area contributed by atoms with Crippen molar-refractivity contribution in [3.8, 4) is 11.3 Å². The molecule has 0 spiro atoms. The number of hydrogen-bond acceptors (Lipinski definition) is 4. The number of halogens is 1. The molecule has 1 aromatic carbocycles. The highest BCUT2D eigenvalue weighted by Gasteiger charge is 2.23. The first-order chi connectivity index (χ1) is 11.2. The summed E-state index contributed by atoms with van der Waals surface area (Å²) in [6.45, 7) is 7.11. The second-order valence-corrected chi connectivity index (χ2v) is 7.38. The predicted molar refractivity (Wildman–Crippen MR) is 94.5 cm³/mol. The lowest BCUT2D eigenvalue weighted by atomic mass is 10.1. The van der Waals surface area contributed by atoms with Crippen LogP contribution in [0, 0.1) is 0 Å². The Morgan fingerprint density at radius 3 is 2.46 bits per heavy atom. The van der Waals surface area contributed by atoms with Crippen molar-refractivity contribution in [1.82, 2.24) is 15.5 Å². The third kappa shape index (κ3) is 4.92. The van der Waals surface area contributed by atoms with Gasteiger partial charge in [0.05, 0.1) is 5.69 Å². The molecular formula is C17H20BrN3O3. The molecule has 7 heteroatoms. The van der Waals surface area contributed by atoms with Gasteiger partial charge in [-0.2, -0.15) is 5.10 Å². The molecule has 0 fully saturated rings. The van der Waals surface area contributed by atoms with Crippen LogP contribution in [0.3, 0.4) is 0 Å². The number of aromatic amines is 1. The zero-order chi connectivity index (χ0) is 17.9. The number of benzene rings is 1. The van der Waals surface area contributed by atoms with Crippen LogP contribution < -0.4 is 5.32 Å². The number of ether oxygens (including phenoxy) is 1. The van der Waals surface area contributed by atoms with Gasteiger partial charge >= 0.3 is 5.97 Å². The van der Waals surface area contributed by atoms with Gasteiger partial charge in [0.15, 0.2) is 6.10 Å². The Morgan fingerprint density at radius 2 is 1.88 bits per heavy atom. The summed E-state index contributed by atoms with van der Waals surface area (Å²) in [4.78, 5) is 24.1. The van der Waals surface area contributed by atoms with E-state index in [4.69, 9.17) is 4.74 Å². The molecule has 2 aromatic rings. The van der Waals surface area contributed by atoms with Gasteiger partial charge in [-0.15, -0.1) is 0 Å². The fourth-order valence-electron chi connectivity index (χ4n) is 1.94. The average molecular weight is 394 g/mol. The van der Waals surface area contributed by atoms with Crippen LogP contribution in [-0.4, -0.2) is 33.7 Å². The van der Waals surface area contributed by atoms with Crippen molar-refractivity contribution >= 4 is 27.8 Å². The number of amides is 1. The normalized spacial score (nSPS) is 12.5. The third-order valence-corrected chi connectivity index (χ3v) is 3.62. The van der Waals surface area contributed by atoms with E-state index in [9.17, 15) is 9.59 Å². The van der Waals surface area contributed by atoms with E-state index in [1.807, 2.05) is 45.0 Å². The fourth-order valence-corrected chi connectivity index (χ4v) is 2.21. The van der Waals surface area contributed by atoms with Crippen LogP contribution in [0.15, 0.2) is 34.8 Å². The largest absolute Gasteiger partial charge is 0.448 e. The van der Waals surface area contributed by atoms with Crippen molar-refractivity contribution in [1.29, 1.82) is 0 Å². The smallest absolute Gasteiger partial charge is 0.357 e. The molecular weight excluding hydrogens is 374 g/mol. The van der Waals surface area contributed by atoms with Gasteiger partial charge in [0.2, 0.25) is 0 Å². The van der Waals surface area contributed by atoms with E-state index in [0.29, 0.717) is 5.69 Å². The molecule has 0 bridgehead atoms. The first-order valence-electron chi connectivity index (χ1n) is 7.50. The maximum absolute atomic E-state index is 12.1. The quantitative estimate of drug-likeness (QED) is 0.780. The van der Waals surface area contributed by atoms with Crippen LogP contribution in [0.5, 0.6) is 0 Å². The number of rotatable bonds is 4. The van der Waals surface area contributed by atoms with E-state index in [1.54, 1.807) is 6.07 Å². The Labute approximate surface area is 149 Å². The number of esters is 1. The van der Waals surface area contributed by atoms with E-state index in [2.05, 4.69) is 31.4 Å². The highest BCUT2D eigenvalue weighted by molar-refractivity contribution is 9.10. The molecule has 1 heterocycles. The molecule has 0 aliphatic carbocycles. The van der Waals surface area contributed by atoms with E-state index >= 15 is 0 Å². The maximum Gasteiger partial charge on any atom is 0.357 e. The summed E-state index contributed by atoms with van der Waals surface area (Å²) in [5.74, 6) is -0.967. The molecule has 0 unspecified atom stereocenters. The number of hydrogen-bond donors (Lipinski definition) is 2. The Morgan fingerprint density at radius 1 is 1.25 bits per heavy atom. The second kappa shape index (κ2) is 7.17. The van der Waals surface area contributed by atoms with Crippen molar-refractivity contribution in [2.75, 3.05) is 0 Å². The molecule has 2 N–H and O–H groups in total. The number of carbonyl (C=O) groups excluding carboxylic acids is 2. The van der Waals surface area contributed by atoms with Gasteiger partial charge in [0, 0.05) is 15.6 Å². The molecule has 1 amide bonds. The van der Waals surface area contributed by atoms with E-state index in [0.717, 1.165) is 10.0 Å². The summed E-state index contributed by atoms with van der Waals surface area (Å²) in [5.41, 5.74) is 1.30. The molecule has 0 saturated carbocycles. The number of aromatic nitrogens is 2. The van der Waals surface area contributed by atoms with Crippen molar-refractivity contribution < 1.29 is 14.3 Å². The molecule has 0 aliphatic rings. The van der Waals surface area contributed by atoms with Gasteiger partial charge in [0.1, 0.15) is 5.69 Å². The summed E-state index contributed by atoms with van der Waals surface area (Å²) in [7, 11) is 0. The molecule has 0 saturated heterocycles. The number of carbonyl (C=O) groups is 2. The summed E-state index contributed by atoms with van der Waals surface area (Å²) < 4.78 is 6.14. The molecule has 0 radical (unpaired) electrons. The van der Waals surface area contributed by atoms with E-state index in [1.165, 1.54) is 6.92 Å². The lowest BCUT2D eigenvalue weighted by Crippen LogP contribution is -2.46. The zero-order valence-corrected chi connectivity index (χ0v) is 15.6. The number of H-pyrrole nitrogens is 1. The Balaban J connectivity index is 2.03. The second-order valence-electron chi connectivity index (χ2n) is 6.46. The van der Waals surface area contributed by atoms with E-state index < -0.39 is 12.1 Å². The van der Waals surface area contributed by atoms with E-state index in [-0.39, 0.29) is 17.1 Å². The maximum atomic E-state index is 12.1. The highest BCUT2D eigenvalue weighted by atomic mass is 79.9. The number of nitrogens with zero attached hydrogens (tertiary/aromatic N) is 1. The van der Waals surface area contributed by atoms with Crippen LogP contribution in [0.25, 0.3) is 11.3 Å². The minimum Gasteiger partial charge on any atom is -0.448 e. The van der Waals surface area contributed by atoms with Gasteiger partial charge in [-0.3, -0.25) is 9.89 Å². The molecule has 6 nitrogen and oxygen atoms in total. The summed E-state index contributed by atoms with van der Waals surface area (Å²) in [5, 5.41) is 9.52. The average Bonchev–Trinajstić information content (AvgIpc) is 2.96. The molecule has 128 valence electrons. The Kier molecular flexibility index (Phi) is 5.43. The molecule has 0 aliphatic heterocycles. The third-order valence-electron chi connectivity index (χ3n) is 3.09. The summed E-state index contributed by atoms with van der Waals surface area (Å²) in [6.07, 6.45) is -0.892. The van der Waals surface area contributed by atoms with Gasteiger partial charge < -0.3 is 10.1 Å². The fraction of sp³-hybridized carbons (Fsp3) is 0.353. The summed E-state index contributed by atoms with van der Waals surface area (Å²) >= 11 is 3.37. The minimum absolute atomic E-state index is 0.198. The number of nitrogens with one attached hydrogen (secondary N) is 2. The molecule has 1 aromatic heterocycles. The standard InChI is InChI=1S/C17H20BrN3O3/c1-10(15(22)19-17(2,3)4)24-16(23)14-9-13(20-21-14)11-5-7-12(18)8-6-11/h5-10H,1-4H3,(H,19,22)(H,20,21)/t10-/m0/s1. The Hall–Kier alpha value is -2.15. The SMILES string of the molecule is C[C@H](OC(=O)c1cc(-c2ccc(Br)cc2)n[nH]1)C(=O)NC(C)(C)C. The van der Waals surface area contributed by atoms with Crippen molar-refractivity contribution in [2.24, 2.45) is 0 Å².